The monoisotopic (exact) mass is 376 g/mol. The molecule has 2 aliphatic heterocycles. The third-order valence-electron chi connectivity index (χ3n) is 4.11. The van der Waals surface area contributed by atoms with E-state index in [0.717, 1.165) is 19.6 Å². The van der Waals surface area contributed by atoms with Gasteiger partial charge in [-0.05, 0) is 17.7 Å². The van der Waals surface area contributed by atoms with Crippen molar-refractivity contribution in [1.29, 1.82) is 0 Å². The van der Waals surface area contributed by atoms with Crippen molar-refractivity contribution < 1.29 is 27.4 Å². The molecule has 2 heterocycles. The number of hydrogen-bond donors (Lipinski definition) is 0. The number of morpholine rings is 1. The fraction of sp³-hybridized carbons (Fsp3) is 0.562. The number of benzene rings is 1. The number of thioether (sulfide) groups is 1. The second-order valence-corrected chi connectivity index (χ2v) is 6.89. The Labute approximate surface area is 148 Å². The van der Waals surface area contributed by atoms with Crippen LogP contribution in [0.2, 0.25) is 0 Å². The van der Waals surface area contributed by atoms with E-state index in [2.05, 4.69) is 9.64 Å². The molecule has 0 aliphatic carbocycles. The van der Waals surface area contributed by atoms with Gasteiger partial charge in [0.1, 0.15) is 11.1 Å². The molecule has 0 radical (unpaired) electrons. The fourth-order valence-electron chi connectivity index (χ4n) is 2.91. The first-order valence-electron chi connectivity index (χ1n) is 7.99. The maximum Gasteiger partial charge on any atom is 0.573 e. The minimum Gasteiger partial charge on any atom is -0.406 e. The highest BCUT2D eigenvalue weighted by Crippen LogP contribution is 2.39. The molecule has 138 valence electrons. The molecule has 1 amide bonds. The molecule has 0 spiro atoms. The third-order valence-corrected chi connectivity index (χ3v) is 5.36. The minimum atomic E-state index is -4.73. The fourth-order valence-corrected chi connectivity index (χ4v) is 4.12. The Balaban J connectivity index is 1.67. The zero-order chi connectivity index (χ0) is 17.9. The Morgan fingerprint density at radius 2 is 2.00 bits per heavy atom. The molecule has 0 saturated carbocycles. The van der Waals surface area contributed by atoms with Crippen molar-refractivity contribution in [1.82, 2.24) is 9.80 Å². The lowest BCUT2D eigenvalue weighted by molar-refractivity contribution is -0.274. The van der Waals surface area contributed by atoms with Gasteiger partial charge < -0.3 is 14.4 Å². The van der Waals surface area contributed by atoms with Crippen LogP contribution in [-0.2, 0) is 9.53 Å². The first kappa shape index (κ1) is 18.3. The van der Waals surface area contributed by atoms with Gasteiger partial charge in [-0.1, -0.05) is 12.1 Å². The van der Waals surface area contributed by atoms with Crippen molar-refractivity contribution in [3.8, 4) is 5.75 Å². The number of carbonyl (C=O) groups excluding carboxylic acids is 1. The molecule has 5 nitrogen and oxygen atoms in total. The lowest BCUT2D eigenvalue weighted by Crippen LogP contribution is -2.42. The van der Waals surface area contributed by atoms with Gasteiger partial charge in [0.2, 0.25) is 5.91 Å². The summed E-state index contributed by atoms with van der Waals surface area (Å²) in [4.78, 5) is 16.1. The zero-order valence-electron chi connectivity index (χ0n) is 13.5. The highest BCUT2D eigenvalue weighted by Gasteiger charge is 2.34. The van der Waals surface area contributed by atoms with E-state index in [1.54, 1.807) is 11.0 Å². The molecular weight excluding hydrogens is 357 g/mol. The molecular formula is C16H19F3N2O3S. The number of alkyl halides is 3. The van der Waals surface area contributed by atoms with Crippen molar-refractivity contribution in [2.45, 2.75) is 11.7 Å². The number of halogens is 3. The average molecular weight is 376 g/mol. The summed E-state index contributed by atoms with van der Waals surface area (Å²) >= 11 is 1.42. The zero-order valence-corrected chi connectivity index (χ0v) is 14.3. The van der Waals surface area contributed by atoms with Crippen LogP contribution >= 0.6 is 11.8 Å². The van der Waals surface area contributed by atoms with Crippen LogP contribution in [0.5, 0.6) is 5.75 Å². The molecule has 9 heteroatoms. The molecule has 0 aromatic heterocycles. The van der Waals surface area contributed by atoms with Gasteiger partial charge in [-0.25, -0.2) is 0 Å². The van der Waals surface area contributed by atoms with Crippen molar-refractivity contribution in [3.05, 3.63) is 29.8 Å². The van der Waals surface area contributed by atoms with Crippen LogP contribution in [0.4, 0.5) is 13.2 Å². The summed E-state index contributed by atoms with van der Waals surface area (Å²) < 4.78 is 46.5. The molecule has 25 heavy (non-hydrogen) atoms. The van der Waals surface area contributed by atoms with E-state index in [1.165, 1.54) is 30.0 Å². The van der Waals surface area contributed by atoms with E-state index in [9.17, 15) is 18.0 Å². The van der Waals surface area contributed by atoms with Crippen LogP contribution in [0.1, 0.15) is 10.9 Å². The summed E-state index contributed by atoms with van der Waals surface area (Å²) in [5.41, 5.74) is 0.638. The number of hydrogen-bond acceptors (Lipinski definition) is 5. The summed E-state index contributed by atoms with van der Waals surface area (Å²) in [7, 11) is 0. The number of rotatable bonds is 5. The van der Waals surface area contributed by atoms with Gasteiger partial charge >= 0.3 is 6.36 Å². The summed E-state index contributed by atoms with van der Waals surface area (Å²) in [6.45, 7) is 4.29. The summed E-state index contributed by atoms with van der Waals surface area (Å²) in [6, 6.07) is 5.85. The maximum atomic E-state index is 12.4. The Morgan fingerprint density at radius 1 is 1.24 bits per heavy atom. The number of ether oxygens (including phenoxy) is 2. The predicted octanol–water partition coefficient (Wildman–Crippen LogP) is 2.49. The van der Waals surface area contributed by atoms with Crippen molar-refractivity contribution in [2.75, 3.05) is 45.1 Å². The normalized spacial score (nSPS) is 22.4. The van der Waals surface area contributed by atoms with Gasteiger partial charge in [0.15, 0.2) is 0 Å². The summed E-state index contributed by atoms with van der Waals surface area (Å²) in [5, 5.41) is -0.287. The average Bonchev–Trinajstić information content (AvgIpc) is 2.93. The quantitative estimate of drug-likeness (QED) is 0.790. The molecule has 1 unspecified atom stereocenters. The van der Waals surface area contributed by atoms with Crippen LogP contribution < -0.4 is 4.74 Å². The van der Waals surface area contributed by atoms with Crippen LogP contribution in [-0.4, -0.2) is 67.2 Å². The van der Waals surface area contributed by atoms with Gasteiger partial charge in [0.05, 0.1) is 19.0 Å². The first-order chi connectivity index (χ1) is 11.9. The van der Waals surface area contributed by atoms with Crippen LogP contribution in [0.3, 0.4) is 0 Å². The van der Waals surface area contributed by atoms with Crippen LogP contribution in [0, 0.1) is 0 Å². The first-order valence-corrected chi connectivity index (χ1v) is 9.04. The number of nitrogens with zero attached hydrogens (tertiary/aromatic N) is 2. The molecule has 2 fully saturated rings. The topological polar surface area (TPSA) is 42.0 Å². The Morgan fingerprint density at radius 3 is 2.72 bits per heavy atom. The standard InChI is InChI=1S/C16H19F3N2O3S/c17-16(18,19)24-13-3-1-2-12(10-13)15-21(14(22)11-25-15)5-4-20-6-8-23-9-7-20/h1-3,10,15H,4-9,11H2. The number of carbonyl (C=O) groups is 1. The van der Waals surface area contributed by atoms with E-state index in [0.29, 0.717) is 31.1 Å². The molecule has 0 bridgehead atoms. The summed E-state index contributed by atoms with van der Waals surface area (Å²) in [6.07, 6.45) is -4.73. The molecule has 1 aromatic carbocycles. The minimum absolute atomic E-state index is 0.00500. The largest absolute Gasteiger partial charge is 0.573 e. The second-order valence-electron chi connectivity index (χ2n) is 5.82. The lowest BCUT2D eigenvalue weighted by Gasteiger charge is -2.30. The van der Waals surface area contributed by atoms with Gasteiger partial charge in [-0.3, -0.25) is 9.69 Å². The van der Waals surface area contributed by atoms with E-state index < -0.39 is 6.36 Å². The molecule has 2 aliphatic rings. The molecule has 0 N–H and O–H groups in total. The Kier molecular flexibility index (Phi) is 5.75. The molecule has 3 rings (SSSR count). The van der Waals surface area contributed by atoms with Gasteiger partial charge in [-0.15, -0.1) is 24.9 Å². The van der Waals surface area contributed by atoms with E-state index in [1.807, 2.05) is 0 Å². The smallest absolute Gasteiger partial charge is 0.406 e. The number of amides is 1. The highest BCUT2D eigenvalue weighted by atomic mass is 32.2. The molecule has 1 atom stereocenters. The van der Waals surface area contributed by atoms with Crippen molar-refractivity contribution in [2.24, 2.45) is 0 Å². The van der Waals surface area contributed by atoms with Crippen molar-refractivity contribution >= 4 is 17.7 Å². The highest BCUT2D eigenvalue weighted by molar-refractivity contribution is 8.00. The summed E-state index contributed by atoms with van der Waals surface area (Å²) in [5.74, 6) is 0.0708. The van der Waals surface area contributed by atoms with Crippen LogP contribution in [0.15, 0.2) is 24.3 Å². The van der Waals surface area contributed by atoms with Crippen LogP contribution in [0.25, 0.3) is 0 Å². The van der Waals surface area contributed by atoms with E-state index in [4.69, 9.17) is 4.74 Å². The van der Waals surface area contributed by atoms with Crippen molar-refractivity contribution in [3.63, 3.8) is 0 Å². The maximum absolute atomic E-state index is 12.4. The SMILES string of the molecule is O=C1CSC(c2cccc(OC(F)(F)F)c2)N1CCN1CCOCC1. The van der Waals surface area contributed by atoms with Gasteiger partial charge in [0.25, 0.3) is 0 Å². The lowest BCUT2D eigenvalue weighted by atomic mass is 10.2. The predicted molar refractivity (Wildman–Crippen MR) is 87.3 cm³/mol. The van der Waals surface area contributed by atoms with E-state index in [-0.39, 0.29) is 17.0 Å². The molecule has 2 saturated heterocycles. The van der Waals surface area contributed by atoms with E-state index >= 15 is 0 Å². The Bertz CT molecular complexity index is 609. The second kappa shape index (κ2) is 7.84. The van der Waals surface area contributed by atoms with Gasteiger partial charge in [0, 0.05) is 26.2 Å². The third kappa shape index (κ3) is 5.02. The van der Waals surface area contributed by atoms with Gasteiger partial charge in [-0.2, -0.15) is 0 Å². The Hall–Kier alpha value is -1.45. The molecule has 1 aromatic rings.